The van der Waals surface area contributed by atoms with E-state index in [1.165, 1.54) is 5.56 Å². The third-order valence-electron chi connectivity index (χ3n) is 2.38. The summed E-state index contributed by atoms with van der Waals surface area (Å²) in [4.78, 5) is 10.3. The standard InChI is InChI=1S/C11H13NO3.ClH/c13-11(14)7-15-9-3-4-10-8(6-9)2-1-5-12-10;/h3-4,6,12H,1-2,5,7H2,(H,13,14);1H. The Bertz CT molecular complexity index is 381. The monoisotopic (exact) mass is 243 g/mol. The van der Waals surface area contributed by atoms with Crippen LogP contribution in [0.1, 0.15) is 12.0 Å². The van der Waals surface area contributed by atoms with Gasteiger partial charge in [0.25, 0.3) is 0 Å². The zero-order valence-corrected chi connectivity index (χ0v) is 9.55. The van der Waals surface area contributed by atoms with E-state index in [0.717, 1.165) is 25.1 Å². The molecule has 1 aromatic carbocycles. The molecule has 1 aromatic rings. The Hall–Kier alpha value is -1.42. The van der Waals surface area contributed by atoms with Crippen molar-refractivity contribution in [2.45, 2.75) is 12.8 Å². The van der Waals surface area contributed by atoms with Crippen molar-refractivity contribution in [3.8, 4) is 5.75 Å². The molecule has 0 bridgehead atoms. The van der Waals surface area contributed by atoms with Crippen LogP contribution in [0, 0.1) is 0 Å². The molecular formula is C11H14ClNO3. The van der Waals surface area contributed by atoms with Gasteiger partial charge in [-0.25, -0.2) is 4.79 Å². The van der Waals surface area contributed by atoms with E-state index in [0.29, 0.717) is 5.75 Å². The Kier molecular flexibility index (Phi) is 4.43. The molecule has 1 aliphatic rings. The summed E-state index contributed by atoms with van der Waals surface area (Å²) in [7, 11) is 0. The second-order valence-corrected chi connectivity index (χ2v) is 3.53. The minimum Gasteiger partial charge on any atom is -0.482 e. The molecule has 0 radical (unpaired) electrons. The fourth-order valence-electron chi connectivity index (χ4n) is 1.69. The first-order valence-electron chi connectivity index (χ1n) is 4.97. The Balaban J connectivity index is 0.00000128. The largest absolute Gasteiger partial charge is 0.482 e. The maximum atomic E-state index is 10.3. The number of anilines is 1. The van der Waals surface area contributed by atoms with Crippen LogP contribution in [0.5, 0.6) is 5.75 Å². The van der Waals surface area contributed by atoms with Crippen molar-refractivity contribution in [2.24, 2.45) is 0 Å². The molecule has 16 heavy (non-hydrogen) atoms. The zero-order valence-electron chi connectivity index (χ0n) is 8.73. The summed E-state index contributed by atoms with van der Waals surface area (Å²) in [5.41, 5.74) is 2.33. The van der Waals surface area contributed by atoms with Crippen LogP contribution in [0.25, 0.3) is 0 Å². The molecule has 0 spiro atoms. The molecule has 0 saturated heterocycles. The van der Waals surface area contributed by atoms with Crippen LogP contribution in [0.4, 0.5) is 5.69 Å². The number of halogens is 1. The van der Waals surface area contributed by atoms with E-state index in [1.807, 2.05) is 12.1 Å². The van der Waals surface area contributed by atoms with Crippen LogP contribution < -0.4 is 10.1 Å². The lowest BCUT2D eigenvalue weighted by Gasteiger charge is -2.18. The number of aryl methyl sites for hydroxylation is 1. The van der Waals surface area contributed by atoms with E-state index in [4.69, 9.17) is 9.84 Å². The van der Waals surface area contributed by atoms with Gasteiger partial charge in [0.1, 0.15) is 5.75 Å². The number of nitrogens with one attached hydrogen (secondary N) is 1. The van der Waals surface area contributed by atoms with Crippen LogP contribution in [0.3, 0.4) is 0 Å². The highest BCUT2D eigenvalue weighted by Gasteiger charge is 2.09. The summed E-state index contributed by atoms with van der Waals surface area (Å²) in [5, 5.41) is 11.8. The SMILES string of the molecule is Cl.O=C(O)COc1ccc2c(c1)CCCN2. The predicted molar refractivity (Wildman–Crippen MR) is 63.6 cm³/mol. The summed E-state index contributed by atoms with van der Waals surface area (Å²) in [6.45, 7) is 0.717. The second-order valence-electron chi connectivity index (χ2n) is 3.53. The summed E-state index contributed by atoms with van der Waals surface area (Å²) in [5.74, 6) is -0.328. The Morgan fingerprint density at radius 3 is 3.06 bits per heavy atom. The number of carbonyl (C=O) groups is 1. The maximum Gasteiger partial charge on any atom is 0.341 e. The summed E-state index contributed by atoms with van der Waals surface area (Å²) in [6, 6.07) is 5.64. The van der Waals surface area contributed by atoms with E-state index in [2.05, 4.69) is 5.32 Å². The first kappa shape index (κ1) is 12.6. The molecule has 1 heterocycles. The van der Waals surface area contributed by atoms with Gasteiger partial charge < -0.3 is 15.2 Å². The molecule has 0 aliphatic carbocycles. The van der Waals surface area contributed by atoms with Gasteiger partial charge in [-0.3, -0.25) is 0 Å². The lowest BCUT2D eigenvalue weighted by molar-refractivity contribution is -0.139. The third kappa shape index (κ3) is 3.03. The zero-order chi connectivity index (χ0) is 10.7. The van der Waals surface area contributed by atoms with Crippen molar-refractivity contribution in [1.82, 2.24) is 0 Å². The van der Waals surface area contributed by atoms with Gasteiger partial charge in [0.05, 0.1) is 0 Å². The fourth-order valence-corrected chi connectivity index (χ4v) is 1.69. The number of fused-ring (bicyclic) bond motifs is 1. The molecular weight excluding hydrogens is 230 g/mol. The van der Waals surface area contributed by atoms with Crippen LogP contribution in [0.15, 0.2) is 18.2 Å². The van der Waals surface area contributed by atoms with Gasteiger partial charge in [-0.1, -0.05) is 0 Å². The number of benzene rings is 1. The van der Waals surface area contributed by atoms with E-state index in [-0.39, 0.29) is 19.0 Å². The van der Waals surface area contributed by atoms with Crippen molar-refractivity contribution in [3.05, 3.63) is 23.8 Å². The maximum absolute atomic E-state index is 10.3. The molecule has 0 amide bonds. The third-order valence-corrected chi connectivity index (χ3v) is 2.38. The molecule has 88 valence electrons. The van der Waals surface area contributed by atoms with E-state index in [1.54, 1.807) is 6.07 Å². The number of hydrogen-bond donors (Lipinski definition) is 2. The van der Waals surface area contributed by atoms with Gasteiger partial charge >= 0.3 is 5.97 Å². The molecule has 5 heteroatoms. The van der Waals surface area contributed by atoms with Crippen molar-refractivity contribution in [1.29, 1.82) is 0 Å². The quantitative estimate of drug-likeness (QED) is 0.852. The minimum atomic E-state index is -0.953. The first-order chi connectivity index (χ1) is 7.25. The molecule has 0 atom stereocenters. The van der Waals surface area contributed by atoms with Crippen LogP contribution in [0.2, 0.25) is 0 Å². The predicted octanol–water partition coefficient (Wildman–Crippen LogP) is 1.93. The number of ether oxygens (including phenoxy) is 1. The van der Waals surface area contributed by atoms with Gasteiger partial charge in [0.15, 0.2) is 6.61 Å². The highest BCUT2D eigenvalue weighted by Crippen LogP contribution is 2.26. The van der Waals surface area contributed by atoms with Gasteiger partial charge in [-0.2, -0.15) is 0 Å². The van der Waals surface area contributed by atoms with Crippen molar-refractivity contribution >= 4 is 24.1 Å². The van der Waals surface area contributed by atoms with Crippen molar-refractivity contribution < 1.29 is 14.6 Å². The van der Waals surface area contributed by atoms with Gasteiger partial charge in [0, 0.05) is 12.2 Å². The molecule has 0 saturated carbocycles. The second kappa shape index (κ2) is 5.61. The van der Waals surface area contributed by atoms with Gasteiger partial charge in [0.2, 0.25) is 0 Å². The Morgan fingerprint density at radius 2 is 2.31 bits per heavy atom. The lowest BCUT2D eigenvalue weighted by atomic mass is 10.0. The number of hydrogen-bond acceptors (Lipinski definition) is 3. The average molecular weight is 244 g/mol. The first-order valence-corrected chi connectivity index (χ1v) is 4.97. The van der Waals surface area contributed by atoms with Crippen LogP contribution in [-0.4, -0.2) is 24.2 Å². The van der Waals surface area contributed by atoms with Crippen molar-refractivity contribution in [2.75, 3.05) is 18.5 Å². The summed E-state index contributed by atoms with van der Waals surface area (Å²) in [6.07, 6.45) is 2.13. The number of carboxylic acids is 1. The number of carboxylic acid groups (broad SMARTS) is 1. The van der Waals surface area contributed by atoms with Crippen LogP contribution in [-0.2, 0) is 11.2 Å². The number of rotatable bonds is 3. The molecule has 2 N–H and O–H groups in total. The van der Waals surface area contributed by atoms with Gasteiger partial charge in [-0.05, 0) is 36.6 Å². The van der Waals surface area contributed by atoms with E-state index in [9.17, 15) is 4.79 Å². The lowest BCUT2D eigenvalue weighted by Crippen LogP contribution is -2.13. The molecule has 1 aliphatic heterocycles. The van der Waals surface area contributed by atoms with E-state index >= 15 is 0 Å². The summed E-state index contributed by atoms with van der Waals surface area (Å²) < 4.78 is 5.11. The molecule has 0 fully saturated rings. The van der Waals surface area contributed by atoms with Crippen molar-refractivity contribution in [3.63, 3.8) is 0 Å². The molecule has 4 nitrogen and oxygen atoms in total. The topological polar surface area (TPSA) is 58.6 Å². The molecule has 0 unspecified atom stereocenters. The Morgan fingerprint density at radius 1 is 1.50 bits per heavy atom. The fraction of sp³-hybridized carbons (Fsp3) is 0.364. The highest BCUT2D eigenvalue weighted by atomic mass is 35.5. The summed E-state index contributed by atoms with van der Waals surface area (Å²) >= 11 is 0. The number of aliphatic carboxylic acids is 1. The Labute approximate surface area is 100 Å². The smallest absolute Gasteiger partial charge is 0.341 e. The highest BCUT2D eigenvalue weighted by molar-refractivity contribution is 5.85. The minimum absolute atomic E-state index is 0. The molecule has 0 aromatic heterocycles. The average Bonchev–Trinajstić information content (AvgIpc) is 2.26. The van der Waals surface area contributed by atoms with Crippen LogP contribution >= 0.6 is 12.4 Å². The van der Waals surface area contributed by atoms with E-state index < -0.39 is 5.97 Å². The van der Waals surface area contributed by atoms with Gasteiger partial charge in [-0.15, -0.1) is 12.4 Å². The normalized spacial score (nSPS) is 13.0. The molecule has 2 rings (SSSR count).